The van der Waals surface area contributed by atoms with Gasteiger partial charge in [-0.2, -0.15) is 0 Å². The molecule has 110 valence electrons. The monoisotopic (exact) mass is 331 g/mol. The van der Waals surface area contributed by atoms with E-state index in [0.29, 0.717) is 6.07 Å². The Hall–Kier alpha value is -1.85. The van der Waals surface area contributed by atoms with E-state index in [0.717, 1.165) is 6.07 Å². The van der Waals surface area contributed by atoms with Crippen molar-refractivity contribution in [2.45, 2.75) is 6.92 Å². The number of benzene rings is 2. The molecule has 0 bridgehead atoms. The van der Waals surface area contributed by atoms with E-state index in [-0.39, 0.29) is 26.9 Å². The Morgan fingerprint density at radius 3 is 2.48 bits per heavy atom. The van der Waals surface area contributed by atoms with Gasteiger partial charge < -0.3 is 10.4 Å². The lowest BCUT2D eigenvalue weighted by atomic mass is 10.1. The summed E-state index contributed by atoms with van der Waals surface area (Å²) >= 11 is 11.5. The summed E-state index contributed by atoms with van der Waals surface area (Å²) in [7, 11) is 0. The molecule has 0 saturated heterocycles. The third-order valence-corrected chi connectivity index (χ3v) is 3.28. The minimum absolute atomic E-state index is 0.0615. The van der Waals surface area contributed by atoms with Crippen molar-refractivity contribution < 1.29 is 18.7 Å². The van der Waals surface area contributed by atoms with Crippen molar-refractivity contribution in [3.8, 4) is 5.75 Å². The van der Waals surface area contributed by atoms with E-state index >= 15 is 0 Å². The third kappa shape index (κ3) is 3.25. The first-order valence-electron chi connectivity index (χ1n) is 5.74. The second-order valence-corrected chi connectivity index (χ2v) is 5.16. The molecule has 0 aliphatic heterocycles. The van der Waals surface area contributed by atoms with Gasteiger partial charge in [0, 0.05) is 11.1 Å². The summed E-state index contributed by atoms with van der Waals surface area (Å²) in [6.45, 7) is 1.40. The summed E-state index contributed by atoms with van der Waals surface area (Å²) in [6, 6.07) is 4.24. The summed E-state index contributed by atoms with van der Waals surface area (Å²) in [4.78, 5) is 12.0. The fraction of sp³-hybridized carbons (Fsp3) is 0.0714. The highest BCUT2D eigenvalue weighted by molar-refractivity contribution is 6.36. The second-order valence-electron chi connectivity index (χ2n) is 4.32. The summed E-state index contributed by atoms with van der Waals surface area (Å²) in [5, 5.41) is 12.1. The molecule has 0 atom stereocenters. The van der Waals surface area contributed by atoms with Gasteiger partial charge in [-0.3, -0.25) is 4.79 Å². The summed E-state index contributed by atoms with van der Waals surface area (Å²) in [6.07, 6.45) is 0. The molecule has 0 aliphatic carbocycles. The number of aryl methyl sites for hydroxylation is 1. The number of aromatic hydroxyl groups is 1. The fourth-order valence-electron chi connectivity index (χ4n) is 1.68. The number of rotatable bonds is 2. The van der Waals surface area contributed by atoms with Gasteiger partial charge in [-0.1, -0.05) is 23.2 Å². The number of phenols is 1. The zero-order valence-corrected chi connectivity index (χ0v) is 12.2. The maximum atomic E-state index is 13.6. The van der Waals surface area contributed by atoms with Crippen molar-refractivity contribution in [3.05, 3.63) is 57.1 Å². The number of carbonyl (C=O) groups is 1. The SMILES string of the molecule is Cc1cc(C(=O)Nc2cc(Cl)cc(Cl)c2O)c(F)cc1F. The second kappa shape index (κ2) is 5.87. The van der Waals surface area contributed by atoms with Crippen LogP contribution in [-0.4, -0.2) is 11.0 Å². The molecule has 2 rings (SSSR count). The van der Waals surface area contributed by atoms with Crippen LogP contribution in [0.3, 0.4) is 0 Å². The molecule has 0 heterocycles. The van der Waals surface area contributed by atoms with Gasteiger partial charge >= 0.3 is 0 Å². The lowest BCUT2D eigenvalue weighted by Crippen LogP contribution is -2.14. The van der Waals surface area contributed by atoms with E-state index < -0.39 is 23.3 Å². The molecule has 0 unspecified atom stereocenters. The van der Waals surface area contributed by atoms with Crippen LogP contribution in [0.15, 0.2) is 24.3 Å². The maximum absolute atomic E-state index is 13.6. The molecule has 2 aromatic rings. The number of anilines is 1. The zero-order chi connectivity index (χ0) is 15.7. The number of carbonyl (C=O) groups excluding carboxylic acids is 1. The minimum Gasteiger partial charge on any atom is -0.504 e. The van der Waals surface area contributed by atoms with Crippen LogP contribution in [0.2, 0.25) is 10.0 Å². The van der Waals surface area contributed by atoms with E-state index in [2.05, 4.69) is 5.32 Å². The average Bonchev–Trinajstić information content (AvgIpc) is 2.39. The van der Waals surface area contributed by atoms with Crippen LogP contribution in [0.4, 0.5) is 14.5 Å². The van der Waals surface area contributed by atoms with Crippen LogP contribution < -0.4 is 5.32 Å². The van der Waals surface area contributed by atoms with Crippen LogP contribution in [0.5, 0.6) is 5.75 Å². The smallest absolute Gasteiger partial charge is 0.258 e. The molecule has 0 fully saturated rings. The fourth-order valence-corrected chi connectivity index (χ4v) is 2.18. The van der Waals surface area contributed by atoms with E-state index in [1.54, 1.807) is 0 Å². The van der Waals surface area contributed by atoms with Gasteiger partial charge in [-0.05, 0) is 30.7 Å². The number of hydrogen-bond acceptors (Lipinski definition) is 2. The molecule has 0 aliphatic rings. The Bertz CT molecular complexity index is 735. The molecule has 1 amide bonds. The number of nitrogens with one attached hydrogen (secondary N) is 1. The molecule has 0 spiro atoms. The molecule has 0 saturated carbocycles. The van der Waals surface area contributed by atoms with E-state index in [9.17, 15) is 18.7 Å². The van der Waals surface area contributed by atoms with Gasteiger partial charge in [0.1, 0.15) is 11.6 Å². The normalized spacial score (nSPS) is 10.5. The van der Waals surface area contributed by atoms with Gasteiger partial charge in [-0.15, -0.1) is 0 Å². The van der Waals surface area contributed by atoms with Gasteiger partial charge in [0.25, 0.3) is 5.91 Å². The van der Waals surface area contributed by atoms with E-state index in [1.165, 1.54) is 19.1 Å². The van der Waals surface area contributed by atoms with Crippen LogP contribution in [0.25, 0.3) is 0 Å². The van der Waals surface area contributed by atoms with Gasteiger partial charge in [0.2, 0.25) is 0 Å². The van der Waals surface area contributed by atoms with Crippen LogP contribution >= 0.6 is 23.2 Å². The largest absolute Gasteiger partial charge is 0.504 e. The molecule has 2 aromatic carbocycles. The first kappa shape index (κ1) is 15.5. The van der Waals surface area contributed by atoms with Crippen molar-refractivity contribution >= 4 is 34.8 Å². The predicted molar refractivity (Wildman–Crippen MR) is 77.2 cm³/mol. The average molecular weight is 332 g/mol. The first-order chi connectivity index (χ1) is 9.79. The standard InChI is InChI=1S/C14H9Cl2F2NO2/c1-6-2-8(11(18)5-10(6)17)14(21)19-12-4-7(15)3-9(16)13(12)20/h2-5,20H,1H3,(H,19,21). The Labute approximate surface area is 129 Å². The highest BCUT2D eigenvalue weighted by Gasteiger charge is 2.17. The van der Waals surface area contributed by atoms with Crippen LogP contribution in [-0.2, 0) is 0 Å². The Kier molecular flexibility index (Phi) is 4.34. The predicted octanol–water partition coefficient (Wildman–Crippen LogP) is 4.54. The molecule has 7 heteroatoms. The van der Waals surface area contributed by atoms with Gasteiger partial charge in [-0.25, -0.2) is 8.78 Å². The van der Waals surface area contributed by atoms with Crippen molar-refractivity contribution in [2.75, 3.05) is 5.32 Å². The topological polar surface area (TPSA) is 49.3 Å². The van der Waals surface area contributed by atoms with Gasteiger partial charge in [0.15, 0.2) is 5.75 Å². The Morgan fingerprint density at radius 1 is 1.14 bits per heavy atom. The molecular formula is C14H9Cl2F2NO2. The number of phenolic OH excluding ortho intramolecular Hbond substituents is 1. The van der Waals surface area contributed by atoms with Crippen LogP contribution in [0, 0.1) is 18.6 Å². The van der Waals surface area contributed by atoms with E-state index in [4.69, 9.17) is 23.2 Å². The summed E-state index contributed by atoms with van der Waals surface area (Å²) < 4.78 is 26.8. The Balaban J connectivity index is 2.37. The molecule has 0 aromatic heterocycles. The zero-order valence-electron chi connectivity index (χ0n) is 10.7. The minimum atomic E-state index is -1.01. The van der Waals surface area contributed by atoms with Crippen molar-refractivity contribution in [1.29, 1.82) is 0 Å². The number of halogens is 4. The Morgan fingerprint density at radius 2 is 1.81 bits per heavy atom. The summed E-state index contributed by atoms with van der Waals surface area (Å²) in [5.74, 6) is -3.01. The van der Waals surface area contributed by atoms with Gasteiger partial charge in [0.05, 0.1) is 16.3 Å². The van der Waals surface area contributed by atoms with E-state index in [1.807, 2.05) is 0 Å². The summed E-state index contributed by atoms with van der Waals surface area (Å²) in [5.41, 5.74) is -0.307. The van der Waals surface area contributed by atoms with Crippen molar-refractivity contribution in [1.82, 2.24) is 0 Å². The third-order valence-electron chi connectivity index (χ3n) is 2.77. The molecule has 0 radical (unpaired) electrons. The highest BCUT2D eigenvalue weighted by Crippen LogP contribution is 2.35. The van der Waals surface area contributed by atoms with Crippen molar-refractivity contribution in [3.63, 3.8) is 0 Å². The van der Waals surface area contributed by atoms with Crippen LogP contribution in [0.1, 0.15) is 15.9 Å². The molecule has 3 nitrogen and oxygen atoms in total. The maximum Gasteiger partial charge on any atom is 0.258 e. The molecule has 21 heavy (non-hydrogen) atoms. The quantitative estimate of drug-likeness (QED) is 0.794. The molecule has 2 N–H and O–H groups in total. The first-order valence-corrected chi connectivity index (χ1v) is 6.50. The number of hydrogen-bond donors (Lipinski definition) is 2. The molecular weight excluding hydrogens is 323 g/mol. The number of amides is 1. The van der Waals surface area contributed by atoms with Crippen molar-refractivity contribution in [2.24, 2.45) is 0 Å². The lowest BCUT2D eigenvalue weighted by molar-refractivity contribution is 0.102. The highest BCUT2D eigenvalue weighted by atomic mass is 35.5. The lowest BCUT2D eigenvalue weighted by Gasteiger charge is -2.10.